The van der Waals surface area contributed by atoms with Crippen molar-refractivity contribution in [1.29, 1.82) is 0 Å². The van der Waals surface area contributed by atoms with Crippen LogP contribution in [0.25, 0.3) is 0 Å². The van der Waals surface area contributed by atoms with E-state index in [0.29, 0.717) is 5.69 Å². The van der Waals surface area contributed by atoms with Gasteiger partial charge in [-0.2, -0.15) is 13.2 Å². The molecule has 208 valence electrons. The minimum Gasteiger partial charge on any atom is -0.475 e. The number of benzene rings is 2. The van der Waals surface area contributed by atoms with E-state index in [-0.39, 0.29) is 16.8 Å². The topological polar surface area (TPSA) is 113 Å². The first kappa shape index (κ1) is 29.5. The molecule has 3 N–H and O–H groups in total. The molecular weight excluding hydrogens is 521 g/mol. The number of aliphatic carboxylic acids is 1. The second kappa shape index (κ2) is 11.8. The van der Waals surface area contributed by atoms with Gasteiger partial charge in [0.25, 0.3) is 10.0 Å². The number of carboxylic acid groups (broad SMARTS) is 1. The lowest BCUT2D eigenvalue weighted by molar-refractivity contribution is -0.192. The van der Waals surface area contributed by atoms with Crippen molar-refractivity contribution in [2.24, 2.45) is 0 Å². The summed E-state index contributed by atoms with van der Waals surface area (Å²) in [6, 6.07) is 12.9. The minimum absolute atomic E-state index is 0.128. The zero-order chi connectivity index (χ0) is 28.1. The average molecular weight is 555 g/mol. The summed E-state index contributed by atoms with van der Waals surface area (Å²) in [5.41, 5.74) is 2.77. The van der Waals surface area contributed by atoms with E-state index in [0.717, 1.165) is 42.4 Å². The molecule has 0 saturated heterocycles. The van der Waals surface area contributed by atoms with Gasteiger partial charge in [-0.1, -0.05) is 55.5 Å². The number of carbonyl (C=O) groups is 2. The molecule has 38 heavy (non-hydrogen) atoms. The van der Waals surface area contributed by atoms with Crippen LogP contribution in [-0.2, 0) is 25.0 Å². The summed E-state index contributed by atoms with van der Waals surface area (Å²) in [7, 11) is -3.66. The Bertz CT molecular complexity index is 1250. The van der Waals surface area contributed by atoms with Gasteiger partial charge in [-0.05, 0) is 68.9 Å². The van der Waals surface area contributed by atoms with Gasteiger partial charge in [-0.25, -0.2) is 13.2 Å². The van der Waals surface area contributed by atoms with Crippen LogP contribution in [0, 0.1) is 13.8 Å². The third-order valence-electron chi connectivity index (χ3n) is 6.93. The Morgan fingerprint density at radius 1 is 0.947 bits per heavy atom. The first-order chi connectivity index (χ1) is 17.7. The fourth-order valence-corrected chi connectivity index (χ4v) is 5.97. The van der Waals surface area contributed by atoms with E-state index in [4.69, 9.17) is 9.90 Å². The van der Waals surface area contributed by atoms with Crippen molar-refractivity contribution >= 4 is 27.6 Å². The first-order valence-corrected chi connectivity index (χ1v) is 14.0. The van der Waals surface area contributed by atoms with Crippen molar-refractivity contribution in [3.63, 3.8) is 0 Å². The Balaban J connectivity index is 0.000000505. The number of carboxylic acids is 1. The van der Waals surface area contributed by atoms with E-state index in [9.17, 15) is 26.4 Å². The Labute approximate surface area is 220 Å². The monoisotopic (exact) mass is 554 g/mol. The van der Waals surface area contributed by atoms with Gasteiger partial charge in [0, 0.05) is 11.7 Å². The average Bonchev–Trinajstić information content (AvgIpc) is 3.65. The molecule has 0 atom stereocenters. The molecule has 0 heterocycles. The summed E-state index contributed by atoms with van der Waals surface area (Å²) in [4.78, 5) is 22.2. The molecule has 0 radical (unpaired) electrons. The quantitative estimate of drug-likeness (QED) is 0.402. The smallest absolute Gasteiger partial charge is 0.475 e. The number of nitrogens with one attached hydrogen (secondary N) is 2. The molecule has 2 aromatic rings. The van der Waals surface area contributed by atoms with Gasteiger partial charge < -0.3 is 10.4 Å². The molecule has 7 nitrogen and oxygen atoms in total. The molecule has 2 aliphatic carbocycles. The summed E-state index contributed by atoms with van der Waals surface area (Å²) in [6.45, 7) is 3.74. The second-order valence-electron chi connectivity index (χ2n) is 10.00. The minimum atomic E-state index is -5.08. The summed E-state index contributed by atoms with van der Waals surface area (Å²) < 4.78 is 60.0. The molecule has 0 spiro atoms. The van der Waals surface area contributed by atoms with Gasteiger partial charge in [-0.15, -0.1) is 0 Å². The fraction of sp³-hybridized carbons (Fsp3) is 0.481. The van der Waals surface area contributed by atoms with E-state index in [1.807, 2.05) is 25.1 Å². The number of hydrogen-bond acceptors (Lipinski definition) is 4. The highest BCUT2D eigenvalue weighted by atomic mass is 32.2. The number of anilines is 1. The summed E-state index contributed by atoms with van der Waals surface area (Å²) in [5.74, 6) is -2.63. The Kier molecular flexibility index (Phi) is 9.12. The van der Waals surface area contributed by atoms with Crippen LogP contribution in [0.2, 0.25) is 0 Å². The van der Waals surface area contributed by atoms with Gasteiger partial charge in [0.05, 0.1) is 10.3 Å². The van der Waals surface area contributed by atoms with Gasteiger partial charge in [0.2, 0.25) is 5.91 Å². The van der Waals surface area contributed by atoms with Crippen molar-refractivity contribution in [1.82, 2.24) is 5.32 Å². The number of aryl methyl sites for hydroxylation is 2. The Hall–Kier alpha value is -3.08. The Morgan fingerprint density at radius 2 is 1.50 bits per heavy atom. The first-order valence-electron chi connectivity index (χ1n) is 12.6. The number of hydrogen-bond donors (Lipinski definition) is 3. The van der Waals surface area contributed by atoms with Crippen LogP contribution in [0.15, 0.2) is 47.4 Å². The highest BCUT2D eigenvalue weighted by molar-refractivity contribution is 7.92. The van der Waals surface area contributed by atoms with Crippen LogP contribution in [0.3, 0.4) is 0 Å². The highest BCUT2D eigenvalue weighted by Gasteiger charge is 2.51. The molecule has 0 aromatic heterocycles. The van der Waals surface area contributed by atoms with E-state index < -0.39 is 27.6 Å². The number of sulfonamides is 1. The van der Waals surface area contributed by atoms with Crippen LogP contribution in [-0.4, -0.2) is 37.6 Å². The lowest BCUT2D eigenvalue weighted by Crippen LogP contribution is -2.41. The van der Waals surface area contributed by atoms with Crippen LogP contribution in [0.5, 0.6) is 0 Å². The molecule has 1 amide bonds. The maximum atomic E-state index is 13.0. The predicted octanol–water partition coefficient (Wildman–Crippen LogP) is 5.61. The van der Waals surface area contributed by atoms with E-state index in [1.165, 1.54) is 25.7 Å². The molecule has 2 aliphatic rings. The van der Waals surface area contributed by atoms with Crippen LogP contribution in [0.4, 0.5) is 18.9 Å². The Morgan fingerprint density at radius 3 is 1.97 bits per heavy atom. The largest absolute Gasteiger partial charge is 0.490 e. The molecular formula is C27H33F3N2O5S. The van der Waals surface area contributed by atoms with Crippen molar-refractivity contribution in [2.45, 2.75) is 87.7 Å². The lowest BCUT2D eigenvalue weighted by Gasteiger charge is -2.22. The maximum absolute atomic E-state index is 13.0. The normalized spacial score (nSPS) is 17.4. The molecule has 2 saturated carbocycles. The van der Waals surface area contributed by atoms with Crippen molar-refractivity contribution in [2.75, 3.05) is 4.72 Å². The van der Waals surface area contributed by atoms with E-state index >= 15 is 0 Å². The number of alkyl halides is 3. The zero-order valence-corrected chi connectivity index (χ0v) is 22.2. The molecule has 0 aliphatic heterocycles. The zero-order valence-electron chi connectivity index (χ0n) is 21.4. The molecule has 4 rings (SSSR count). The third-order valence-corrected chi connectivity index (χ3v) is 8.47. The summed E-state index contributed by atoms with van der Waals surface area (Å²) >= 11 is 0. The maximum Gasteiger partial charge on any atom is 0.490 e. The van der Waals surface area contributed by atoms with Crippen LogP contribution in [0.1, 0.15) is 68.1 Å². The lowest BCUT2D eigenvalue weighted by atomic mass is 9.94. The number of rotatable bonds is 6. The van der Waals surface area contributed by atoms with Gasteiger partial charge in [-0.3, -0.25) is 9.52 Å². The van der Waals surface area contributed by atoms with Gasteiger partial charge >= 0.3 is 12.1 Å². The molecule has 11 heteroatoms. The van der Waals surface area contributed by atoms with Crippen LogP contribution < -0.4 is 10.0 Å². The molecule has 0 bridgehead atoms. The number of carbonyl (C=O) groups excluding carboxylic acids is 1. The van der Waals surface area contributed by atoms with Gasteiger partial charge in [0.1, 0.15) is 0 Å². The molecule has 0 unspecified atom stereocenters. The SMILES string of the molecule is Cc1ccc(S(=O)(=O)Nc2ccc(C3(C(=O)NC4CCCCCC4)CC3)cc2)c(C)c1.O=C(O)C(F)(F)F. The predicted molar refractivity (Wildman–Crippen MR) is 137 cm³/mol. The fourth-order valence-electron chi connectivity index (χ4n) is 4.69. The number of halogens is 3. The van der Waals surface area contributed by atoms with Crippen molar-refractivity contribution in [3.8, 4) is 0 Å². The number of amides is 1. The third kappa shape index (κ3) is 7.49. The second-order valence-corrected chi connectivity index (χ2v) is 11.6. The highest BCUT2D eigenvalue weighted by Crippen LogP contribution is 2.49. The summed E-state index contributed by atoms with van der Waals surface area (Å²) in [5, 5.41) is 10.4. The molecule has 2 fully saturated rings. The van der Waals surface area contributed by atoms with Crippen LogP contribution >= 0.6 is 0 Å². The van der Waals surface area contributed by atoms with E-state index in [2.05, 4.69) is 10.0 Å². The molecule has 2 aromatic carbocycles. The standard InChI is InChI=1S/C25H32N2O3S.C2HF3O2/c1-18-9-14-23(19(2)17-18)31(29,30)27-22-12-10-20(11-13-22)25(15-16-25)24(28)26-21-7-5-3-4-6-8-21;3-2(4,5)1(6)7/h9-14,17,21,27H,3-8,15-16H2,1-2H3,(H,26,28);(H,6,7). The van der Waals surface area contributed by atoms with Crippen molar-refractivity contribution in [3.05, 3.63) is 59.2 Å². The van der Waals surface area contributed by atoms with Crippen molar-refractivity contribution < 1.29 is 36.3 Å². The van der Waals surface area contributed by atoms with E-state index in [1.54, 1.807) is 31.2 Å². The summed E-state index contributed by atoms with van der Waals surface area (Å²) in [6.07, 6.45) is 3.65. The van der Waals surface area contributed by atoms with Gasteiger partial charge in [0.15, 0.2) is 0 Å².